The molecule has 126 valence electrons. The first-order chi connectivity index (χ1) is 11.7. The zero-order valence-electron chi connectivity index (χ0n) is 13.4. The first-order valence-electron chi connectivity index (χ1n) is 8.04. The van der Waals surface area contributed by atoms with Crippen LogP contribution in [-0.2, 0) is 4.79 Å². The highest BCUT2D eigenvalue weighted by Gasteiger charge is 2.13. The average molecular weight is 327 g/mol. The molecule has 2 N–H and O–H groups in total. The monoisotopic (exact) mass is 327 g/mol. The van der Waals surface area contributed by atoms with Gasteiger partial charge >= 0.3 is 5.97 Å². The molecule has 0 radical (unpaired) electrons. The van der Waals surface area contributed by atoms with Gasteiger partial charge in [-0.15, -0.1) is 0 Å². The van der Waals surface area contributed by atoms with E-state index in [1.807, 2.05) is 30.3 Å². The fraction of sp³-hybridized carbons (Fsp3) is 0.333. The predicted molar refractivity (Wildman–Crippen MR) is 90.5 cm³/mol. The van der Waals surface area contributed by atoms with E-state index in [4.69, 9.17) is 5.11 Å². The Balaban J connectivity index is 1.84. The van der Waals surface area contributed by atoms with Gasteiger partial charge in [0.1, 0.15) is 6.33 Å². The van der Waals surface area contributed by atoms with Crippen molar-refractivity contribution in [2.24, 2.45) is 0 Å². The van der Waals surface area contributed by atoms with E-state index in [0.29, 0.717) is 24.2 Å². The SMILES string of the molecule is O=C(O)CCCCCCNC(=O)c1cncnc1-c1ccccc1. The molecule has 6 heteroatoms. The van der Waals surface area contributed by atoms with Crippen LogP contribution in [0.15, 0.2) is 42.9 Å². The number of nitrogens with one attached hydrogen (secondary N) is 1. The standard InChI is InChI=1S/C18H21N3O3/c22-16(23)10-6-1-2-7-11-20-18(24)15-12-19-13-21-17(15)14-8-4-3-5-9-14/h3-5,8-9,12-13H,1-2,6-7,10-11H2,(H,20,24)(H,22,23). The van der Waals surface area contributed by atoms with Gasteiger partial charge in [-0.2, -0.15) is 0 Å². The van der Waals surface area contributed by atoms with Gasteiger partial charge in [-0.1, -0.05) is 43.2 Å². The number of hydrogen-bond acceptors (Lipinski definition) is 4. The number of unbranched alkanes of at least 4 members (excludes halogenated alkanes) is 3. The van der Waals surface area contributed by atoms with E-state index in [1.54, 1.807) is 0 Å². The van der Waals surface area contributed by atoms with Crippen LogP contribution in [0.5, 0.6) is 0 Å². The van der Waals surface area contributed by atoms with Gasteiger partial charge in [-0.05, 0) is 12.8 Å². The molecule has 0 bridgehead atoms. The number of nitrogens with zero attached hydrogens (tertiary/aromatic N) is 2. The summed E-state index contributed by atoms with van der Waals surface area (Å²) >= 11 is 0. The van der Waals surface area contributed by atoms with Crippen molar-refractivity contribution in [3.05, 3.63) is 48.4 Å². The normalized spacial score (nSPS) is 10.3. The van der Waals surface area contributed by atoms with E-state index < -0.39 is 5.97 Å². The summed E-state index contributed by atoms with van der Waals surface area (Å²) in [5, 5.41) is 11.4. The van der Waals surface area contributed by atoms with Crippen LogP contribution < -0.4 is 5.32 Å². The molecule has 0 atom stereocenters. The molecule has 1 aromatic heterocycles. The summed E-state index contributed by atoms with van der Waals surface area (Å²) in [5.41, 5.74) is 1.94. The lowest BCUT2D eigenvalue weighted by Crippen LogP contribution is -2.25. The highest BCUT2D eigenvalue weighted by molar-refractivity contribution is 5.99. The molecule has 0 fully saturated rings. The van der Waals surface area contributed by atoms with E-state index in [0.717, 1.165) is 24.8 Å². The molecule has 2 aromatic rings. The fourth-order valence-corrected chi connectivity index (χ4v) is 2.37. The Labute approximate surface area is 141 Å². The summed E-state index contributed by atoms with van der Waals surface area (Å²) in [7, 11) is 0. The zero-order chi connectivity index (χ0) is 17.2. The van der Waals surface area contributed by atoms with E-state index in [1.165, 1.54) is 12.5 Å². The second-order valence-electron chi connectivity index (χ2n) is 5.46. The Morgan fingerprint density at radius 1 is 1.04 bits per heavy atom. The lowest BCUT2D eigenvalue weighted by atomic mass is 10.1. The Bertz CT molecular complexity index is 674. The van der Waals surface area contributed by atoms with Crippen molar-refractivity contribution in [3.63, 3.8) is 0 Å². The van der Waals surface area contributed by atoms with Crippen LogP contribution in [0.3, 0.4) is 0 Å². The lowest BCUT2D eigenvalue weighted by Gasteiger charge is -2.09. The summed E-state index contributed by atoms with van der Waals surface area (Å²) in [6, 6.07) is 9.52. The van der Waals surface area contributed by atoms with Crippen molar-refractivity contribution in [1.82, 2.24) is 15.3 Å². The molecule has 0 saturated carbocycles. The molecule has 1 aromatic carbocycles. The number of carboxylic acid groups (broad SMARTS) is 1. The number of aliphatic carboxylic acids is 1. The molecule has 0 aliphatic rings. The van der Waals surface area contributed by atoms with Crippen molar-refractivity contribution in [3.8, 4) is 11.3 Å². The Hall–Kier alpha value is -2.76. The first-order valence-corrected chi connectivity index (χ1v) is 8.04. The topological polar surface area (TPSA) is 92.2 Å². The summed E-state index contributed by atoms with van der Waals surface area (Å²) in [6.07, 6.45) is 6.40. The van der Waals surface area contributed by atoms with E-state index in [-0.39, 0.29) is 12.3 Å². The van der Waals surface area contributed by atoms with Crippen LogP contribution >= 0.6 is 0 Å². The van der Waals surface area contributed by atoms with Gasteiger partial charge in [-0.3, -0.25) is 9.59 Å². The van der Waals surface area contributed by atoms with Crippen LogP contribution in [0.25, 0.3) is 11.3 Å². The molecule has 24 heavy (non-hydrogen) atoms. The van der Waals surface area contributed by atoms with E-state index in [2.05, 4.69) is 15.3 Å². The molecular weight excluding hydrogens is 306 g/mol. The third-order valence-corrected chi connectivity index (χ3v) is 3.61. The van der Waals surface area contributed by atoms with Gasteiger partial charge in [0, 0.05) is 24.7 Å². The Kier molecular flexibility index (Phi) is 6.89. The molecule has 0 aliphatic carbocycles. The summed E-state index contributed by atoms with van der Waals surface area (Å²) < 4.78 is 0. The highest BCUT2D eigenvalue weighted by atomic mass is 16.4. The molecule has 0 saturated heterocycles. The van der Waals surface area contributed by atoms with Gasteiger partial charge in [0.05, 0.1) is 11.3 Å². The number of carbonyl (C=O) groups is 2. The average Bonchev–Trinajstić information content (AvgIpc) is 2.61. The lowest BCUT2D eigenvalue weighted by molar-refractivity contribution is -0.137. The third-order valence-electron chi connectivity index (χ3n) is 3.61. The molecule has 1 amide bonds. The molecule has 0 aliphatic heterocycles. The molecule has 0 spiro atoms. The number of carbonyl (C=O) groups excluding carboxylic acids is 1. The Morgan fingerprint density at radius 2 is 1.79 bits per heavy atom. The van der Waals surface area contributed by atoms with Crippen molar-refractivity contribution in [2.75, 3.05) is 6.54 Å². The summed E-state index contributed by atoms with van der Waals surface area (Å²) in [6.45, 7) is 0.551. The van der Waals surface area contributed by atoms with E-state index in [9.17, 15) is 9.59 Å². The van der Waals surface area contributed by atoms with Crippen molar-refractivity contribution < 1.29 is 14.7 Å². The minimum absolute atomic E-state index is 0.194. The summed E-state index contributed by atoms with van der Waals surface area (Å²) in [5.74, 6) is -0.958. The molecule has 2 rings (SSSR count). The maximum Gasteiger partial charge on any atom is 0.303 e. The van der Waals surface area contributed by atoms with Gasteiger partial charge < -0.3 is 10.4 Å². The van der Waals surface area contributed by atoms with Crippen LogP contribution in [0.1, 0.15) is 42.5 Å². The first kappa shape index (κ1) is 17.6. The van der Waals surface area contributed by atoms with Crippen molar-refractivity contribution in [1.29, 1.82) is 0 Å². The van der Waals surface area contributed by atoms with Gasteiger partial charge in [-0.25, -0.2) is 9.97 Å². The smallest absolute Gasteiger partial charge is 0.303 e. The van der Waals surface area contributed by atoms with Crippen LogP contribution in [0.4, 0.5) is 0 Å². The fourth-order valence-electron chi connectivity index (χ4n) is 2.37. The summed E-state index contributed by atoms with van der Waals surface area (Å²) in [4.78, 5) is 30.9. The maximum absolute atomic E-state index is 12.3. The number of aromatic nitrogens is 2. The predicted octanol–water partition coefficient (Wildman–Crippen LogP) is 2.91. The largest absolute Gasteiger partial charge is 0.481 e. The minimum Gasteiger partial charge on any atom is -0.481 e. The second-order valence-corrected chi connectivity index (χ2v) is 5.46. The molecular formula is C18H21N3O3. The highest BCUT2D eigenvalue weighted by Crippen LogP contribution is 2.19. The van der Waals surface area contributed by atoms with Gasteiger partial charge in [0.25, 0.3) is 5.91 Å². The van der Waals surface area contributed by atoms with Gasteiger partial charge in [0.15, 0.2) is 0 Å². The number of hydrogen-bond donors (Lipinski definition) is 2. The number of rotatable bonds is 9. The molecule has 6 nitrogen and oxygen atoms in total. The molecule has 1 heterocycles. The zero-order valence-corrected chi connectivity index (χ0v) is 13.4. The quantitative estimate of drug-likeness (QED) is 0.691. The molecule has 0 unspecified atom stereocenters. The van der Waals surface area contributed by atoms with Crippen molar-refractivity contribution >= 4 is 11.9 Å². The van der Waals surface area contributed by atoms with Crippen LogP contribution in [0, 0.1) is 0 Å². The minimum atomic E-state index is -0.763. The number of amides is 1. The second kappa shape index (κ2) is 9.39. The third kappa shape index (κ3) is 5.46. The van der Waals surface area contributed by atoms with Gasteiger partial charge in [0.2, 0.25) is 0 Å². The van der Waals surface area contributed by atoms with E-state index >= 15 is 0 Å². The Morgan fingerprint density at radius 3 is 2.54 bits per heavy atom. The number of carboxylic acids is 1. The van der Waals surface area contributed by atoms with Crippen LogP contribution in [-0.4, -0.2) is 33.5 Å². The van der Waals surface area contributed by atoms with Crippen LogP contribution in [0.2, 0.25) is 0 Å². The maximum atomic E-state index is 12.3. The van der Waals surface area contributed by atoms with Crippen molar-refractivity contribution in [2.45, 2.75) is 32.1 Å². The number of benzene rings is 1.